The Hall–Kier alpha value is -1.74. The van der Waals surface area contributed by atoms with E-state index in [1.807, 2.05) is 19.1 Å². The molecule has 0 aliphatic heterocycles. The summed E-state index contributed by atoms with van der Waals surface area (Å²) in [5.74, 6) is -0.808. The number of ether oxygens (including phenoxy) is 1. The predicted octanol–water partition coefficient (Wildman–Crippen LogP) is 8.28. The van der Waals surface area contributed by atoms with Gasteiger partial charge in [0.05, 0.1) is 5.60 Å². The van der Waals surface area contributed by atoms with Gasteiger partial charge < -0.3 is 4.74 Å². The Labute approximate surface area is 175 Å². The molecule has 0 aromatic heterocycles. The van der Waals surface area contributed by atoms with Crippen molar-refractivity contribution < 1.29 is 13.5 Å². The molecule has 0 spiro atoms. The molecule has 160 valence electrons. The van der Waals surface area contributed by atoms with Gasteiger partial charge in [0.25, 0.3) is 0 Å². The van der Waals surface area contributed by atoms with Crippen molar-refractivity contribution in [3.8, 4) is 11.1 Å². The molecule has 0 saturated carbocycles. The topological polar surface area (TPSA) is 9.23 Å². The number of rotatable bonds is 12. The zero-order valence-corrected chi connectivity index (χ0v) is 18.4. The molecule has 0 radical (unpaired) electrons. The first-order chi connectivity index (χ1) is 13.9. The third-order valence-corrected chi connectivity index (χ3v) is 5.76. The van der Waals surface area contributed by atoms with Gasteiger partial charge in [-0.1, -0.05) is 69.7 Å². The maximum Gasteiger partial charge on any atom is 0.133 e. The summed E-state index contributed by atoms with van der Waals surface area (Å²) in [5, 5.41) is 0. The van der Waals surface area contributed by atoms with Crippen molar-refractivity contribution >= 4 is 0 Å². The lowest BCUT2D eigenvalue weighted by Crippen LogP contribution is -2.33. The van der Waals surface area contributed by atoms with Gasteiger partial charge in [-0.15, -0.1) is 0 Å². The third-order valence-electron chi connectivity index (χ3n) is 5.76. The van der Waals surface area contributed by atoms with Crippen molar-refractivity contribution in [1.82, 2.24) is 0 Å². The van der Waals surface area contributed by atoms with E-state index >= 15 is 0 Å². The lowest BCUT2D eigenvalue weighted by Gasteiger charge is -2.35. The fraction of sp³-hybridized carbons (Fsp3) is 0.538. The van der Waals surface area contributed by atoms with Gasteiger partial charge in [0, 0.05) is 24.2 Å². The SMILES string of the molecule is CCCCCCCCC(c1ccc(-c2ccc(F)cc2F)cc1)C(C)(C)OCC. The standard InChI is InChI=1S/C26H36F2O/c1-5-7-8-9-10-11-12-24(26(3,4)29-6-2)21-15-13-20(14-16-21)23-18-17-22(27)19-25(23)28/h13-19,24H,5-12H2,1-4H3. The second-order valence-corrected chi connectivity index (χ2v) is 8.39. The zero-order chi connectivity index (χ0) is 21.3. The maximum absolute atomic E-state index is 14.1. The van der Waals surface area contributed by atoms with Gasteiger partial charge >= 0.3 is 0 Å². The fourth-order valence-corrected chi connectivity index (χ4v) is 4.14. The first-order valence-electron chi connectivity index (χ1n) is 11.1. The molecule has 0 amide bonds. The number of benzene rings is 2. The highest BCUT2D eigenvalue weighted by molar-refractivity contribution is 5.64. The monoisotopic (exact) mass is 402 g/mol. The van der Waals surface area contributed by atoms with Crippen LogP contribution in [-0.4, -0.2) is 12.2 Å². The second-order valence-electron chi connectivity index (χ2n) is 8.39. The van der Waals surface area contributed by atoms with Gasteiger partial charge in [0.15, 0.2) is 0 Å². The predicted molar refractivity (Wildman–Crippen MR) is 118 cm³/mol. The molecule has 0 bridgehead atoms. The van der Waals surface area contributed by atoms with Gasteiger partial charge in [-0.05, 0) is 50.5 Å². The van der Waals surface area contributed by atoms with E-state index in [9.17, 15) is 8.78 Å². The smallest absolute Gasteiger partial charge is 0.133 e. The van der Waals surface area contributed by atoms with Crippen LogP contribution in [0.15, 0.2) is 42.5 Å². The molecule has 3 heteroatoms. The van der Waals surface area contributed by atoms with Gasteiger partial charge in [-0.25, -0.2) is 8.78 Å². The highest BCUT2D eigenvalue weighted by atomic mass is 19.1. The first kappa shape index (κ1) is 23.5. The van der Waals surface area contributed by atoms with Gasteiger partial charge in [-0.3, -0.25) is 0 Å². The Morgan fingerprint density at radius 1 is 0.862 bits per heavy atom. The molecule has 2 aromatic rings. The van der Waals surface area contributed by atoms with Crippen LogP contribution in [0.1, 0.15) is 84.1 Å². The molecule has 1 nitrogen and oxygen atoms in total. The lowest BCUT2D eigenvalue weighted by atomic mass is 9.80. The maximum atomic E-state index is 14.1. The highest BCUT2D eigenvalue weighted by Gasteiger charge is 2.31. The summed E-state index contributed by atoms with van der Waals surface area (Å²) in [6, 6.07) is 11.7. The number of halogens is 2. The van der Waals surface area contributed by atoms with Crippen LogP contribution in [0, 0.1) is 11.6 Å². The van der Waals surface area contributed by atoms with Crippen LogP contribution in [0.5, 0.6) is 0 Å². The minimum atomic E-state index is -0.555. The molecule has 1 unspecified atom stereocenters. The van der Waals surface area contributed by atoms with E-state index in [-0.39, 0.29) is 11.5 Å². The van der Waals surface area contributed by atoms with Crippen molar-refractivity contribution in [2.24, 2.45) is 0 Å². The summed E-state index contributed by atoms with van der Waals surface area (Å²) in [6.07, 6.45) is 8.68. The normalized spacial score (nSPS) is 12.9. The zero-order valence-electron chi connectivity index (χ0n) is 18.4. The summed E-state index contributed by atoms with van der Waals surface area (Å²) in [6.45, 7) is 9.27. The average molecular weight is 403 g/mol. The molecule has 29 heavy (non-hydrogen) atoms. The van der Waals surface area contributed by atoms with Crippen LogP contribution >= 0.6 is 0 Å². The minimum absolute atomic E-state index is 0.263. The molecule has 0 N–H and O–H groups in total. The van der Waals surface area contributed by atoms with Crippen LogP contribution in [0.2, 0.25) is 0 Å². The van der Waals surface area contributed by atoms with Crippen LogP contribution in [0.3, 0.4) is 0 Å². The van der Waals surface area contributed by atoms with E-state index in [0.717, 1.165) is 18.1 Å². The van der Waals surface area contributed by atoms with E-state index in [1.165, 1.54) is 56.2 Å². The van der Waals surface area contributed by atoms with Crippen LogP contribution in [-0.2, 0) is 4.74 Å². The van der Waals surface area contributed by atoms with E-state index < -0.39 is 11.6 Å². The summed E-state index contributed by atoms with van der Waals surface area (Å²) < 4.78 is 33.4. The Balaban J connectivity index is 2.14. The van der Waals surface area contributed by atoms with E-state index in [4.69, 9.17) is 4.74 Å². The molecule has 0 saturated heterocycles. The number of unbranched alkanes of at least 4 members (excludes halogenated alkanes) is 5. The number of hydrogen-bond acceptors (Lipinski definition) is 1. The van der Waals surface area contributed by atoms with Crippen molar-refractivity contribution in [3.63, 3.8) is 0 Å². The van der Waals surface area contributed by atoms with Crippen LogP contribution in [0.4, 0.5) is 8.78 Å². The molecule has 2 aromatic carbocycles. The average Bonchev–Trinajstić information content (AvgIpc) is 2.67. The molecule has 0 fully saturated rings. The molecule has 2 rings (SSSR count). The molecular weight excluding hydrogens is 366 g/mol. The van der Waals surface area contributed by atoms with E-state index in [0.29, 0.717) is 12.2 Å². The first-order valence-corrected chi connectivity index (χ1v) is 11.1. The van der Waals surface area contributed by atoms with Gasteiger partial charge in [-0.2, -0.15) is 0 Å². The van der Waals surface area contributed by atoms with Crippen LogP contribution in [0.25, 0.3) is 11.1 Å². The van der Waals surface area contributed by atoms with E-state index in [1.54, 1.807) is 0 Å². The van der Waals surface area contributed by atoms with Gasteiger partial charge in [0.2, 0.25) is 0 Å². The summed E-state index contributed by atoms with van der Waals surface area (Å²) >= 11 is 0. The third kappa shape index (κ3) is 6.92. The largest absolute Gasteiger partial charge is 0.375 e. The molecular formula is C26H36F2O. The fourth-order valence-electron chi connectivity index (χ4n) is 4.14. The van der Waals surface area contributed by atoms with Crippen molar-refractivity contribution in [2.75, 3.05) is 6.61 Å². The molecule has 0 aliphatic carbocycles. The quantitative estimate of drug-likeness (QED) is 0.325. The van der Waals surface area contributed by atoms with Gasteiger partial charge in [0.1, 0.15) is 11.6 Å². The van der Waals surface area contributed by atoms with Crippen LogP contribution < -0.4 is 0 Å². The molecule has 0 aliphatic rings. The summed E-state index contributed by atoms with van der Waals surface area (Å²) in [4.78, 5) is 0. The summed E-state index contributed by atoms with van der Waals surface area (Å²) in [5.41, 5.74) is 2.14. The highest BCUT2D eigenvalue weighted by Crippen LogP contribution is 2.37. The Morgan fingerprint density at radius 3 is 2.14 bits per heavy atom. The van der Waals surface area contributed by atoms with Crippen molar-refractivity contribution in [2.45, 2.75) is 84.2 Å². The second kappa shape index (κ2) is 11.4. The summed E-state index contributed by atoms with van der Waals surface area (Å²) in [7, 11) is 0. The Kier molecular flexibility index (Phi) is 9.29. The lowest BCUT2D eigenvalue weighted by molar-refractivity contribution is -0.0335. The van der Waals surface area contributed by atoms with Crippen molar-refractivity contribution in [1.29, 1.82) is 0 Å². The molecule has 0 heterocycles. The molecule has 1 atom stereocenters. The Morgan fingerprint density at radius 2 is 1.52 bits per heavy atom. The minimum Gasteiger partial charge on any atom is -0.375 e. The Bertz CT molecular complexity index is 737. The van der Waals surface area contributed by atoms with Crippen molar-refractivity contribution in [3.05, 3.63) is 59.7 Å². The number of hydrogen-bond donors (Lipinski definition) is 0. The van der Waals surface area contributed by atoms with E-state index in [2.05, 4.69) is 32.9 Å².